The Balaban J connectivity index is 2.00. The number of hydrogen-bond acceptors (Lipinski definition) is 3. The van der Waals surface area contributed by atoms with Crippen molar-refractivity contribution in [1.29, 1.82) is 0 Å². The van der Waals surface area contributed by atoms with Crippen LogP contribution in [0.1, 0.15) is 39.0 Å². The number of rotatable bonds is 10. The van der Waals surface area contributed by atoms with Gasteiger partial charge in [0.1, 0.15) is 6.04 Å². The van der Waals surface area contributed by atoms with Gasteiger partial charge in [-0.15, -0.1) is 0 Å². The average molecular weight is 272 g/mol. The van der Waals surface area contributed by atoms with Gasteiger partial charge in [0, 0.05) is 19.8 Å². The summed E-state index contributed by atoms with van der Waals surface area (Å²) in [6.45, 7) is 3.83. The second-order valence-corrected chi connectivity index (χ2v) is 4.95. The van der Waals surface area contributed by atoms with E-state index in [0.29, 0.717) is 26.0 Å². The summed E-state index contributed by atoms with van der Waals surface area (Å²) in [5.74, 6) is -0.244. The van der Waals surface area contributed by atoms with E-state index in [1.807, 2.05) is 6.92 Å². The monoisotopic (exact) mass is 272 g/mol. The predicted molar refractivity (Wildman–Crippen MR) is 71.0 cm³/mol. The molecule has 0 bridgehead atoms. The first-order chi connectivity index (χ1) is 9.13. The number of ether oxygens (including phenoxy) is 1. The molecule has 0 aliphatic heterocycles. The molecule has 6 heteroatoms. The Morgan fingerprint density at radius 2 is 2.16 bits per heavy atom. The second-order valence-electron chi connectivity index (χ2n) is 4.95. The van der Waals surface area contributed by atoms with Crippen LogP contribution in [0.5, 0.6) is 0 Å². The highest BCUT2D eigenvalue weighted by molar-refractivity contribution is 5.82. The molecule has 1 fully saturated rings. The zero-order valence-electron chi connectivity index (χ0n) is 11.5. The lowest BCUT2D eigenvalue weighted by molar-refractivity contribution is -0.139. The highest BCUT2D eigenvalue weighted by Crippen LogP contribution is 2.28. The van der Waals surface area contributed by atoms with Gasteiger partial charge in [-0.1, -0.05) is 13.3 Å². The molecule has 0 aromatic heterocycles. The van der Waals surface area contributed by atoms with Crippen LogP contribution < -0.4 is 10.6 Å². The first kappa shape index (κ1) is 15.8. The van der Waals surface area contributed by atoms with Crippen LogP contribution in [-0.4, -0.2) is 42.9 Å². The van der Waals surface area contributed by atoms with Crippen molar-refractivity contribution in [2.24, 2.45) is 5.92 Å². The van der Waals surface area contributed by atoms with E-state index in [9.17, 15) is 9.59 Å². The second kappa shape index (κ2) is 8.74. The molecule has 2 amide bonds. The van der Waals surface area contributed by atoms with Crippen molar-refractivity contribution >= 4 is 12.0 Å². The SMILES string of the molecule is CCC[C@H](NC(=O)NCCCOCC1CC1)C(=O)O. The number of carbonyl (C=O) groups excluding carboxylic acids is 1. The first-order valence-corrected chi connectivity index (χ1v) is 6.98. The fourth-order valence-corrected chi connectivity index (χ4v) is 1.67. The highest BCUT2D eigenvalue weighted by atomic mass is 16.5. The summed E-state index contributed by atoms with van der Waals surface area (Å²) in [5, 5.41) is 14.0. The van der Waals surface area contributed by atoms with Crippen LogP contribution in [0.3, 0.4) is 0 Å². The minimum absolute atomic E-state index is 0.428. The number of urea groups is 1. The Morgan fingerprint density at radius 3 is 2.74 bits per heavy atom. The molecule has 0 unspecified atom stereocenters. The maximum atomic E-state index is 11.5. The van der Waals surface area contributed by atoms with Gasteiger partial charge in [0.15, 0.2) is 0 Å². The molecule has 6 nitrogen and oxygen atoms in total. The van der Waals surface area contributed by atoms with E-state index in [1.165, 1.54) is 12.8 Å². The maximum Gasteiger partial charge on any atom is 0.326 e. The Kier molecular flexibility index (Phi) is 7.25. The number of amides is 2. The van der Waals surface area contributed by atoms with Crippen LogP contribution in [-0.2, 0) is 9.53 Å². The van der Waals surface area contributed by atoms with Gasteiger partial charge in [-0.3, -0.25) is 0 Å². The van der Waals surface area contributed by atoms with Gasteiger partial charge in [-0.25, -0.2) is 9.59 Å². The van der Waals surface area contributed by atoms with Crippen LogP contribution in [0.25, 0.3) is 0 Å². The summed E-state index contributed by atoms with van der Waals surface area (Å²) in [4.78, 5) is 22.3. The minimum Gasteiger partial charge on any atom is -0.480 e. The summed E-state index contributed by atoms with van der Waals surface area (Å²) in [5.41, 5.74) is 0. The maximum absolute atomic E-state index is 11.5. The third kappa shape index (κ3) is 7.66. The number of carboxylic acid groups (broad SMARTS) is 1. The Morgan fingerprint density at radius 1 is 1.42 bits per heavy atom. The topological polar surface area (TPSA) is 87.7 Å². The molecular weight excluding hydrogens is 248 g/mol. The molecule has 0 heterocycles. The molecule has 0 spiro atoms. The Bertz CT molecular complexity index is 292. The van der Waals surface area contributed by atoms with Gasteiger partial charge in [0.05, 0.1) is 0 Å². The molecule has 110 valence electrons. The zero-order valence-corrected chi connectivity index (χ0v) is 11.5. The normalized spacial score (nSPS) is 15.8. The third-order valence-corrected chi connectivity index (χ3v) is 2.98. The number of carboxylic acids is 1. The summed E-state index contributed by atoms with van der Waals surface area (Å²) < 4.78 is 5.43. The van der Waals surface area contributed by atoms with Crippen LogP contribution >= 0.6 is 0 Å². The molecule has 0 radical (unpaired) electrons. The summed E-state index contributed by atoms with van der Waals surface area (Å²) >= 11 is 0. The Labute approximate surface area is 113 Å². The first-order valence-electron chi connectivity index (χ1n) is 6.98. The molecule has 1 atom stereocenters. The van der Waals surface area contributed by atoms with Crippen molar-refractivity contribution in [3.8, 4) is 0 Å². The molecule has 19 heavy (non-hydrogen) atoms. The van der Waals surface area contributed by atoms with Gasteiger partial charge < -0.3 is 20.5 Å². The lowest BCUT2D eigenvalue weighted by Crippen LogP contribution is -2.46. The van der Waals surface area contributed by atoms with Gasteiger partial charge in [-0.2, -0.15) is 0 Å². The molecule has 1 aliphatic carbocycles. The predicted octanol–water partition coefficient (Wildman–Crippen LogP) is 1.36. The van der Waals surface area contributed by atoms with Crippen molar-refractivity contribution < 1.29 is 19.4 Å². The lowest BCUT2D eigenvalue weighted by atomic mass is 10.2. The van der Waals surface area contributed by atoms with E-state index < -0.39 is 18.0 Å². The van der Waals surface area contributed by atoms with Crippen LogP contribution in [0.4, 0.5) is 4.79 Å². The number of aliphatic carboxylic acids is 1. The van der Waals surface area contributed by atoms with E-state index in [1.54, 1.807) is 0 Å². The fourth-order valence-electron chi connectivity index (χ4n) is 1.67. The molecule has 1 saturated carbocycles. The largest absolute Gasteiger partial charge is 0.480 e. The molecule has 0 saturated heterocycles. The minimum atomic E-state index is -0.996. The molecular formula is C13H24N2O4. The summed E-state index contributed by atoms with van der Waals surface area (Å²) in [6.07, 6.45) is 4.44. The highest BCUT2D eigenvalue weighted by Gasteiger charge is 2.21. The summed E-state index contributed by atoms with van der Waals surface area (Å²) in [6, 6.07) is -1.24. The van der Waals surface area contributed by atoms with E-state index in [4.69, 9.17) is 9.84 Å². The molecule has 1 aliphatic rings. The smallest absolute Gasteiger partial charge is 0.326 e. The standard InChI is InChI=1S/C13H24N2O4/c1-2-4-11(12(16)17)15-13(18)14-7-3-8-19-9-10-5-6-10/h10-11H,2-9H2,1H3,(H,16,17)(H2,14,15,18)/t11-/m0/s1. The van der Waals surface area contributed by atoms with Gasteiger partial charge >= 0.3 is 12.0 Å². The van der Waals surface area contributed by atoms with Gasteiger partial charge in [-0.05, 0) is 31.6 Å². The number of hydrogen-bond donors (Lipinski definition) is 3. The Hall–Kier alpha value is -1.30. The van der Waals surface area contributed by atoms with Crippen molar-refractivity contribution in [3.05, 3.63) is 0 Å². The third-order valence-electron chi connectivity index (χ3n) is 2.98. The van der Waals surface area contributed by atoms with E-state index in [0.717, 1.165) is 18.9 Å². The lowest BCUT2D eigenvalue weighted by Gasteiger charge is -2.14. The van der Waals surface area contributed by atoms with Gasteiger partial charge in [0.25, 0.3) is 0 Å². The van der Waals surface area contributed by atoms with E-state index >= 15 is 0 Å². The molecule has 0 aromatic rings. The van der Waals surface area contributed by atoms with E-state index in [2.05, 4.69) is 10.6 Å². The summed E-state index contributed by atoms with van der Waals surface area (Å²) in [7, 11) is 0. The van der Waals surface area contributed by atoms with Crippen molar-refractivity contribution in [2.45, 2.75) is 45.1 Å². The van der Waals surface area contributed by atoms with E-state index in [-0.39, 0.29) is 0 Å². The number of carbonyl (C=O) groups is 2. The zero-order chi connectivity index (χ0) is 14.1. The van der Waals surface area contributed by atoms with Crippen molar-refractivity contribution in [3.63, 3.8) is 0 Å². The number of nitrogens with one attached hydrogen (secondary N) is 2. The van der Waals surface area contributed by atoms with Gasteiger partial charge in [0.2, 0.25) is 0 Å². The average Bonchev–Trinajstić information content (AvgIpc) is 3.17. The fraction of sp³-hybridized carbons (Fsp3) is 0.846. The van der Waals surface area contributed by atoms with Crippen LogP contribution in [0.15, 0.2) is 0 Å². The van der Waals surface area contributed by atoms with Crippen molar-refractivity contribution in [2.75, 3.05) is 19.8 Å². The molecule has 1 rings (SSSR count). The van der Waals surface area contributed by atoms with Crippen LogP contribution in [0.2, 0.25) is 0 Å². The molecule has 0 aromatic carbocycles. The quantitative estimate of drug-likeness (QED) is 0.524. The van der Waals surface area contributed by atoms with Crippen molar-refractivity contribution in [1.82, 2.24) is 10.6 Å². The van der Waals surface area contributed by atoms with Crippen LogP contribution in [0, 0.1) is 5.92 Å². The molecule has 3 N–H and O–H groups in total.